The predicted molar refractivity (Wildman–Crippen MR) is 132 cm³/mol. The Morgan fingerprint density at radius 1 is 1.00 bits per heavy atom. The summed E-state index contributed by atoms with van der Waals surface area (Å²) in [6, 6.07) is 19.4. The number of para-hydroxylation sites is 2. The highest BCUT2D eigenvalue weighted by Crippen LogP contribution is 2.35. The van der Waals surface area contributed by atoms with Gasteiger partial charge in [-0.1, -0.05) is 36.4 Å². The van der Waals surface area contributed by atoms with Gasteiger partial charge < -0.3 is 5.73 Å². The second-order valence-electron chi connectivity index (χ2n) is 7.83. The Labute approximate surface area is 199 Å². The van der Waals surface area contributed by atoms with E-state index in [1.807, 2.05) is 0 Å². The van der Waals surface area contributed by atoms with Crippen LogP contribution < -0.4 is 5.73 Å². The Bertz CT molecular complexity index is 1780. The summed E-state index contributed by atoms with van der Waals surface area (Å²) < 4.78 is 28.5. The summed E-state index contributed by atoms with van der Waals surface area (Å²) in [4.78, 5) is 19.6. The lowest BCUT2D eigenvalue weighted by Crippen LogP contribution is -2.07. The van der Waals surface area contributed by atoms with Crippen LogP contribution in [0.3, 0.4) is 0 Å². The topological polar surface area (TPSA) is 146 Å². The molecule has 0 spiro atoms. The molecule has 0 radical (unpaired) electrons. The van der Waals surface area contributed by atoms with Crippen molar-refractivity contribution in [2.45, 2.75) is 16.7 Å². The fourth-order valence-corrected chi connectivity index (χ4v) is 5.34. The number of benzene rings is 3. The Morgan fingerprint density at radius 2 is 1.71 bits per heavy atom. The molecule has 5 rings (SSSR count). The molecule has 174 valence electrons. The molecular formula is C24H18N6O4S. The zero-order valence-corrected chi connectivity index (χ0v) is 19.2. The first-order chi connectivity index (χ1) is 16.8. The van der Waals surface area contributed by atoms with Gasteiger partial charge >= 0.3 is 0 Å². The van der Waals surface area contributed by atoms with Gasteiger partial charge in [-0.2, -0.15) is 9.78 Å². The van der Waals surface area contributed by atoms with Crippen LogP contribution in [0.5, 0.6) is 0 Å². The third-order valence-electron chi connectivity index (χ3n) is 5.40. The molecule has 0 saturated carbocycles. The van der Waals surface area contributed by atoms with Crippen molar-refractivity contribution >= 4 is 49.8 Å². The SMILES string of the molecule is Cc1cccc(S(=O)(=O)c2c(N)n(/N=C\c3cccc([N+](=O)[O-])c3)c3nc4ccccc4nc23)c1. The average Bonchev–Trinajstić information content (AvgIpc) is 3.12. The molecule has 2 heterocycles. The number of aromatic nitrogens is 3. The Kier molecular flexibility index (Phi) is 5.25. The van der Waals surface area contributed by atoms with Crippen molar-refractivity contribution in [3.63, 3.8) is 0 Å². The second kappa shape index (κ2) is 8.29. The van der Waals surface area contributed by atoms with Gasteiger partial charge in [-0.25, -0.2) is 18.4 Å². The van der Waals surface area contributed by atoms with E-state index in [0.29, 0.717) is 16.6 Å². The number of nitrogen functional groups attached to an aromatic ring is 1. The second-order valence-corrected chi connectivity index (χ2v) is 9.71. The van der Waals surface area contributed by atoms with Crippen LogP contribution in [-0.4, -0.2) is 34.2 Å². The van der Waals surface area contributed by atoms with Crippen molar-refractivity contribution in [2.24, 2.45) is 5.10 Å². The van der Waals surface area contributed by atoms with Crippen LogP contribution in [0.15, 0.2) is 87.7 Å². The molecule has 0 atom stereocenters. The van der Waals surface area contributed by atoms with E-state index in [0.717, 1.165) is 5.56 Å². The first kappa shape index (κ1) is 22.2. The van der Waals surface area contributed by atoms with Crippen molar-refractivity contribution < 1.29 is 13.3 Å². The molecule has 5 aromatic rings. The van der Waals surface area contributed by atoms with Crippen LogP contribution in [0.4, 0.5) is 11.5 Å². The van der Waals surface area contributed by atoms with Gasteiger partial charge in [0.05, 0.1) is 27.1 Å². The van der Waals surface area contributed by atoms with Crippen molar-refractivity contribution in [3.05, 3.63) is 94.0 Å². The number of non-ortho nitro benzene ring substituents is 1. The molecule has 0 fully saturated rings. The van der Waals surface area contributed by atoms with Crippen molar-refractivity contribution in [1.82, 2.24) is 14.6 Å². The van der Waals surface area contributed by atoms with Crippen LogP contribution in [0.25, 0.3) is 22.2 Å². The molecule has 0 aliphatic carbocycles. The lowest BCUT2D eigenvalue weighted by atomic mass is 10.2. The van der Waals surface area contributed by atoms with E-state index in [1.165, 1.54) is 35.2 Å². The number of nitrogens with two attached hydrogens (primary N) is 1. The van der Waals surface area contributed by atoms with E-state index in [1.54, 1.807) is 55.5 Å². The van der Waals surface area contributed by atoms with Crippen LogP contribution in [-0.2, 0) is 9.84 Å². The van der Waals surface area contributed by atoms with Gasteiger partial charge in [-0.15, -0.1) is 0 Å². The normalized spacial score (nSPS) is 12.0. The van der Waals surface area contributed by atoms with Gasteiger partial charge in [-0.05, 0) is 36.8 Å². The van der Waals surface area contributed by atoms with Crippen molar-refractivity contribution in [2.75, 3.05) is 5.73 Å². The number of nitro benzene ring substituents is 1. The van der Waals surface area contributed by atoms with E-state index < -0.39 is 14.8 Å². The Hall–Kier alpha value is -4.64. The maximum Gasteiger partial charge on any atom is 0.270 e. The fourth-order valence-electron chi connectivity index (χ4n) is 3.75. The summed E-state index contributed by atoms with van der Waals surface area (Å²) in [5.74, 6) is -0.168. The largest absolute Gasteiger partial charge is 0.382 e. The Balaban J connectivity index is 1.77. The van der Waals surface area contributed by atoms with E-state index >= 15 is 0 Å². The lowest BCUT2D eigenvalue weighted by Gasteiger charge is -2.06. The zero-order valence-electron chi connectivity index (χ0n) is 18.4. The first-order valence-corrected chi connectivity index (χ1v) is 11.9. The van der Waals surface area contributed by atoms with Gasteiger partial charge in [0.2, 0.25) is 9.84 Å². The third-order valence-corrected chi connectivity index (χ3v) is 7.22. The van der Waals surface area contributed by atoms with Crippen molar-refractivity contribution in [3.8, 4) is 0 Å². The van der Waals surface area contributed by atoms with Crippen LogP contribution in [0.1, 0.15) is 11.1 Å². The Morgan fingerprint density at radius 3 is 2.43 bits per heavy atom. The van der Waals surface area contributed by atoms with E-state index in [-0.39, 0.29) is 32.5 Å². The zero-order chi connectivity index (χ0) is 24.7. The number of nitro groups is 1. The number of aryl methyl sites for hydroxylation is 1. The minimum Gasteiger partial charge on any atom is -0.382 e. The maximum absolute atomic E-state index is 13.7. The van der Waals surface area contributed by atoms with Crippen LogP contribution in [0, 0.1) is 17.0 Å². The summed E-state index contributed by atoms with van der Waals surface area (Å²) in [5.41, 5.74) is 8.72. The number of sulfone groups is 1. The van der Waals surface area contributed by atoms with E-state index in [9.17, 15) is 18.5 Å². The smallest absolute Gasteiger partial charge is 0.270 e. The maximum atomic E-state index is 13.7. The number of hydrogen-bond donors (Lipinski definition) is 1. The van der Waals surface area contributed by atoms with E-state index in [2.05, 4.69) is 15.1 Å². The highest BCUT2D eigenvalue weighted by Gasteiger charge is 2.30. The average molecular weight is 487 g/mol. The molecule has 0 unspecified atom stereocenters. The standard InChI is InChI=1S/C24H18N6O4S/c1-15-6-4-9-18(12-15)35(33,34)22-21-24(28-20-11-3-2-10-19(20)27-21)29(23(22)25)26-14-16-7-5-8-17(13-16)30(31)32/h2-14H,25H2,1H3/b26-14-. The van der Waals surface area contributed by atoms with Gasteiger partial charge in [0.15, 0.2) is 5.65 Å². The van der Waals surface area contributed by atoms with Crippen LogP contribution in [0.2, 0.25) is 0 Å². The molecular weight excluding hydrogens is 468 g/mol. The first-order valence-electron chi connectivity index (χ1n) is 10.4. The number of fused-ring (bicyclic) bond motifs is 2. The number of anilines is 1. The van der Waals surface area contributed by atoms with Crippen molar-refractivity contribution in [1.29, 1.82) is 0 Å². The fraction of sp³-hybridized carbons (Fsp3) is 0.0417. The number of rotatable bonds is 5. The monoisotopic (exact) mass is 486 g/mol. The minimum absolute atomic E-state index is 0.0703. The molecule has 11 heteroatoms. The number of nitrogens with zero attached hydrogens (tertiary/aromatic N) is 5. The molecule has 0 aliphatic heterocycles. The minimum atomic E-state index is -4.08. The molecule has 10 nitrogen and oxygen atoms in total. The van der Waals surface area contributed by atoms with E-state index in [4.69, 9.17) is 5.73 Å². The summed E-state index contributed by atoms with van der Waals surface area (Å²) >= 11 is 0. The molecule has 0 amide bonds. The van der Waals surface area contributed by atoms with Crippen LogP contribution >= 0.6 is 0 Å². The molecule has 2 aromatic heterocycles. The molecule has 0 saturated heterocycles. The lowest BCUT2D eigenvalue weighted by molar-refractivity contribution is -0.384. The number of hydrogen-bond acceptors (Lipinski definition) is 8. The molecule has 35 heavy (non-hydrogen) atoms. The highest BCUT2D eigenvalue weighted by atomic mass is 32.2. The summed E-state index contributed by atoms with van der Waals surface area (Å²) in [5, 5.41) is 15.4. The highest BCUT2D eigenvalue weighted by molar-refractivity contribution is 7.92. The predicted octanol–water partition coefficient (Wildman–Crippen LogP) is 4.10. The quantitative estimate of drug-likeness (QED) is 0.223. The van der Waals surface area contributed by atoms with Gasteiger partial charge in [-0.3, -0.25) is 10.1 Å². The van der Waals surface area contributed by atoms with Gasteiger partial charge in [0, 0.05) is 17.7 Å². The third kappa shape index (κ3) is 3.87. The molecule has 0 bridgehead atoms. The molecule has 2 N–H and O–H groups in total. The molecule has 0 aliphatic rings. The summed E-state index contributed by atoms with van der Waals surface area (Å²) in [6.07, 6.45) is 1.35. The molecule has 3 aromatic carbocycles. The van der Waals surface area contributed by atoms with Gasteiger partial charge in [0.1, 0.15) is 16.2 Å². The van der Waals surface area contributed by atoms with Gasteiger partial charge in [0.25, 0.3) is 5.69 Å². The summed E-state index contributed by atoms with van der Waals surface area (Å²) in [7, 11) is -4.08. The summed E-state index contributed by atoms with van der Waals surface area (Å²) in [6.45, 7) is 1.79.